The molecule has 0 saturated heterocycles. The average molecular weight is 649 g/mol. The average Bonchev–Trinajstić information content (AvgIpc) is 2.22. The van der Waals surface area contributed by atoms with E-state index in [1.54, 1.807) is 6.92 Å². The van der Waals surface area contributed by atoms with Crippen molar-refractivity contribution in [3.8, 4) is 0 Å². The van der Waals surface area contributed by atoms with Crippen molar-refractivity contribution in [3.63, 3.8) is 0 Å². The molecule has 26 heavy (non-hydrogen) atoms. The summed E-state index contributed by atoms with van der Waals surface area (Å²) in [6.07, 6.45) is -1.11. The molecule has 0 bridgehead atoms. The summed E-state index contributed by atoms with van der Waals surface area (Å²) in [5.74, 6) is 0. The standard InChI is InChI=1S/C10H22O4.Mo.H2O4S.2H2O.2O.2Zr/c1-3-8(12)5-10(14)6-9(13)4-7(2)11;;1-5(2,3)4;;;;;;/h7-14H,3-6H2,1-2H3;;(H2,1,2,3,4);2*1H2;;;;/q;+2;;;;;;;/p-2. The first kappa shape index (κ1) is 38.3. The topological polar surface area (TPSA) is 230 Å². The molecule has 0 saturated carbocycles. The van der Waals surface area contributed by atoms with Gasteiger partial charge in [0.2, 0.25) is 0 Å². The van der Waals surface area contributed by atoms with Crippen molar-refractivity contribution in [2.75, 3.05) is 0 Å². The summed E-state index contributed by atoms with van der Waals surface area (Å²) < 4.78 is 63.6. The smallest absolute Gasteiger partial charge is 0 e. The van der Waals surface area contributed by atoms with Crippen LogP contribution in [0.5, 0.6) is 0 Å². The van der Waals surface area contributed by atoms with Gasteiger partial charge in [-0.2, -0.15) is 8.42 Å². The molecule has 0 aromatic rings. The molecule has 16 heteroatoms. The van der Waals surface area contributed by atoms with Gasteiger partial charge in [-0.15, -0.1) is 0 Å². The quantitative estimate of drug-likeness (QED) is 0.111. The number of aliphatic hydroxyl groups is 4. The third-order valence-corrected chi connectivity index (χ3v) is 2.17. The van der Waals surface area contributed by atoms with E-state index in [-0.39, 0.29) is 71.7 Å². The third-order valence-electron chi connectivity index (χ3n) is 2.17. The number of hydrogen-bond acceptors (Lipinski definition) is 8. The Morgan fingerprint density at radius 3 is 1.27 bits per heavy atom. The summed E-state index contributed by atoms with van der Waals surface area (Å²) >= 11 is -5.52. The van der Waals surface area contributed by atoms with Crippen LogP contribution in [0.25, 0.3) is 0 Å². The number of rotatable bonds is 7. The molecule has 0 aromatic carbocycles. The molecule has 12 nitrogen and oxygen atoms in total. The molecular formula is C10H26MoO12SZr2. The maximum atomic E-state index is 9.43. The van der Waals surface area contributed by atoms with E-state index in [0.717, 1.165) is 0 Å². The number of aliphatic hydroxyl groups excluding tert-OH is 4. The van der Waals surface area contributed by atoms with E-state index < -0.39 is 51.6 Å². The van der Waals surface area contributed by atoms with Gasteiger partial charge >= 0.3 is 41.5 Å². The molecule has 0 aliphatic heterocycles. The predicted octanol–water partition coefficient (Wildman–Crippen LogP) is -1.98. The summed E-state index contributed by atoms with van der Waals surface area (Å²) in [6, 6.07) is 0. The number of hydrogen-bond donors (Lipinski definition) is 8. The van der Waals surface area contributed by atoms with Gasteiger partial charge in [0.1, 0.15) is 0 Å². The third kappa shape index (κ3) is 63.6. The molecule has 0 heterocycles. The SMILES string of the molecule is CCC(O)CC(O)CC(O)CC(C)O.O=S(=O)(O)O.[O]=[Mo](=[O])([OH])[OH].[Zr].[Zr]. The fourth-order valence-electron chi connectivity index (χ4n) is 1.38. The van der Waals surface area contributed by atoms with Crippen LogP contribution in [-0.4, -0.2) is 69.9 Å². The molecule has 4 atom stereocenters. The van der Waals surface area contributed by atoms with Crippen LogP contribution in [0.15, 0.2) is 0 Å². The van der Waals surface area contributed by atoms with E-state index >= 15 is 0 Å². The van der Waals surface area contributed by atoms with Crippen molar-refractivity contribution < 1.29 is 121 Å². The van der Waals surface area contributed by atoms with E-state index in [9.17, 15) is 15.3 Å². The molecule has 0 spiro atoms. The molecule has 4 unspecified atom stereocenters. The minimum Gasteiger partial charge on any atom is 0 e. The van der Waals surface area contributed by atoms with Crippen LogP contribution in [0.2, 0.25) is 0 Å². The van der Waals surface area contributed by atoms with Crippen molar-refractivity contribution in [2.24, 2.45) is 0 Å². The fraction of sp³-hybridized carbons (Fsp3) is 1.00. The molecule has 0 aliphatic rings. The van der Waals surface area contributed by atoms with Gasteiger partial charge in [0.15, 0.2) is 0 Å². The zero-order valence-electron chi connectivity index (χ0n) is 14.2. The van der Waals surface area contributed by atoms with Gasteiger partial charge in [0.05, 0.1) is 24.4 Å². The van der Waals surface area contributed by atoms with Crippen molar-refractivity contribution in [1.82, 2.24) is 0 Å². The fourth-order valence-corrected chi connectivity index (χ4v) is 1.38. The zero-order valence-corrected chi connectivity index (χ0v) is 21.9. The Bertz CT molecular complexity index is 452. The second kappa shape index (κ2) is 20.0. The molecule has 158 valence electrons. The molecular weight excluding hydrogens is 623 g/mol. The Morgan fingerprint density at radius 2 is 1.04 bits per heavy atom. The molecule has 0 amide bonds. The summed E-state index contributed by atoms with van der Waals surface area (Å²) in [6.45, 7) is 3.43. The predicted molar refractivity (Wildman–Crippen MR) is 73.8 cm³/mol. The molecule has 0 aromatic heterocycles. The second-order valence-corrected chi connectivity index (χ2v) is 7.92. The van der Waals surface area contributed by atoms with Gasteiger partial charge < -0.3 is 20.4 Å². The molecule has 0 radical (unpaired) electrons. The molecule has 0 rings (SSSR count). The van der Waals surface area contributed by atoms with Gasteiger partial charge in [-0.1, -0.05) is 6.92 Å². The largest absolute Gasteiger partial charge is 0 e. The van der Waals surface area contributed by atoms with Crippen molar-refractivity contribution in [2.45, 2.75) is 63.9 Å². The summed E-state index contributed by atoms with van der Waals surface area (Å²) in [7, 11) is -4.67. The van der Waals surface area contributed by atoms with Gasteiger partial charge in [-0.25, -0.2) is 0 Å². The first-order valence-electron chi connectivity index (χ1n) is 6.57. The van der Waals surface area contributed by atoms with Crippen LogP contribution < -0.4 is 0 Å². The Balaban J connectivity index is -0.000000102. The van der Waals surface area contributed by atoms with E-state index in [1.807, 2.05) is 6.92 Å². The van der Waals surface area contributed by atoms with Crippen LogP contribution in [0.3, 0.4) is 0 Å². The first-order chi connectivity index (χ1) is 10.5. The minimum atomic E-state index is -5.52. The Morgan fingerprint density at radius 1 is 0.808 bits per heavy atom. The zero-order chi connectivity index (χ0) is 20.1. The van der Waals surface area contributed by atoms with Gasteiger partial charge in [-0.05, 0) is 32.6 Å². The maximum Gasteiger partial charge on any atom is 0 e. The molecule has 0 aliphatic carbocycles. The normalized spacial score (nSPS) is 15.3. The Kier molecular flexibility index (Phi) is 29.4. The van der Waals surface area contributed by atoms with E-state index in [4.69, 9.17) is 36.9 Å². The Labute approximate surface area is 194 Å². The van der Waals surface area contributed by atoms with Crippen LogP contribution in [0.4, 0.5) is 0 Å². The van der Waals surface area contributed by atoms with Gasteiger partial charge in [0.25, 0.3) is 0 Å². The van der Waals surface area contributed by atoms with Gasteiger partial charge in [0, 0.05) is 52.4 Å². The van der Waals surface area contributed by atoms with Crippen LogP contribution >= 0.6 is 0 Å². The van der Waals surface area contributed by atoms with E-state index in [0.29, 0.717) is 6.42 Å². The summed E-state index contributed by atoms with van der Waals surface area (Å²) in [5, 5.41) is 37.0. The van der Waals surface area contributed by atoms with Crippen LogP contribution in [-0.2, 0) is 86.3 Å². The minimum absolute atomic E-state index is 0. The van der Waals surface area contributed by atoms with E-state index in [1.165, 1.54) is 0 Å². The first-order valence-corrected chi connectivity index (χ1v) is 11.4. The molecule has 0 fully saturated rings. The maximum absolute atomic E-state index is 9.43. The summed E-state index contributed by atoms with van der Waals surface area (Å²) in [5.41, 5.74) is 0. The summed E-state index contributed by atoms with van der Waals surface area (Å²) in [4.78, 5) is 0. The van der Waals surface area contributed by atoms with E-state index in [2.05, 4.69) is 0 Å². The van der Waals surface area contributed by atoms with Gasteiger partial charge in [-0.3, -0.25) is 9.11 Å². The monoisotopic (exact) mass is 648 g/mol. The van der Waals surface area contributed by atoms with Crippen molar-refractivity contribution >= 4 is 10.4 Å². The Hall–Kier alpha value is 1.68. The second-order valence-electron chi connectivity index (χ2n) is 4.82. The van der Waals surface area contributed by atoms with Crippen LogP contribution in [0, 0.1) is 0 Å². The van der Waals surface area contributed by atoms with Crippen LogP contribution in [0.1, 0.15) is 39.5 Å². The molecule has 8 N–H and O–H groups in total. The van der Waals surface area contributed by atoms with Crippen molar-refractivity contribution in [3.05, 3.63) is 0 Å². The van der Waals surface area contributed by atoms with Crippen molar-refractivity contribution in [1.29, 1.82) is 0 Å².